The maximum absolute atomic E-state index is 3.72. The molecular formula is C10H20BrN. The van der Waals surface area contributed by atoms with Crippen LogP contribution in [0.15, 0.2) is 0 Å². The van der Waals surface area contributed by atoms with Crippen LogP contribution in [0.2, 0.25) is 0 Å². The van der Waals surface area contributed by atoms with Gasteiger partial charge in [0.1, 0.15) is 0 Å². The number of nitrogens with one attached hydrogen (secondary N) is 1. The summed E-state index contributed by atoms with van der Waals surface area (Å²) in [6, 6.07) is 1.39. The maximum atomic E-state index is 3.72. The predicted molar refractivity (Wildman–Crippen MR) is 57.8 cm³/mol. The minimum atomic E-state index is 0.633. The monoisotopic (exact) mass is 233 g/mol. The zero-order valence-corrected chi connectivity index (χ0v) is 9.89. The molecule has 0 aromatic carbocycles. The Hall–Kier alpha value is 0.440. The van der Waals surface area contributed by atoms with Crippen molar-refractivity contribution in [1.29, 1.82) is 0 Å². The lowest BCUT2D eigenvalue weighted by Gasteiger charge is -2.32. The summed E-state index contributed by atoms with van der Waals surface area (Å²) in [6.07, 6.45) is 3.98. The summed E-state index contributed by atoms with van der Waals surface area (Å²) >= 11 is 3.72. The standard InChI is InChI=1S/C10H20BrN/c1-7(2)12-9-4-5-10(11)8(3)6-9/h7-10,12H,4-6H2,1-3H3. The van der Waals surface area contributed by atoms with E-state index < -0.39 is 0 Å². The summed E-state index contributed by atoms with van der Waals surface area (Å²) in [5.41, 5.74) is 0. The van der Waals surface area contributed by atoms with E-state index in [1.54, 1.807) is 0 Å². The molecule has 0 heterocycles. The van der Waals surface area contributed by atoms with E-state index in [2.05, 4.69) is 42.0 Å². The van der Waals surface area contributed by atoms with Crippen molar-refractivity contribution in [3.8, 4) is 0 Å². The molecule has 0 saturated heterocycles. The highest BCUT2D eigenvalue weighted by Crippen LogP contribution is 2.29. The molecule has 1 nitrogen and oxygen atoms in total. The summed E-state index contributed by atoms with van der Waals surface area (Å²) in [5, 5.41) is 3.61. The molecule has 3 atom stereocenters. The van der Waals surface area contributed by atoms with Crippen LogP contribution in [-0.2, 0) is 0 Å². The molecule has 0 bridgehead atoms. The molecule has 0 aromatic heterocycles. The van der Waals surface area contributed by atoms with E-state index in [-0.39, 0.29) is 0 Å². The maximum Gasteiger partial charge on any atom is 0.0172 e. The van der Waals surface area contributed by atoms with Gasteiger partial charge in [-0.05, 0) is 25.2 Å². The average Bonchev–Trinajstić information content (AvgIpc) is 1.96. The predicted octanol–water partition coefficient (Wildman–Crippen LogP) is 2.94. The van der Waals surface area contributed by atoms with Crippen molar-refractivity contribution in [2.45, 2.75) is 56.9 Å². The van der Waals surface area contributed by atoms with Crippen molar-refractivity contribution in [2.24, 2.45) is 5.92 Å². The van der Waals surface area contributed by atoms with Crippen LogP contribution in [0.4, 0.5) is 0 Å². The average molecular weight is 234 g/mol. The summed E-state index contributed by atoms with van der Waals surface area (Å²) in [4.78, 5) is 0.753. The second-order valence-electron chi connectivity index (χ2n) is 4.32. The molecule has 1 aliphatic rings. The van der Waals surface area contributed by atoms with E-state index in [9.17, 15) is 0 Å². The second kappa shape index (κ2) is 4.61. The second-order valence-corrected chi connectivity index (χ2v) is 5.50. The summed E-state index contributed by atoms with van der Waals surface area (Å²) < 4.78 is 0. The number of alkyl halides is 1. The number of rotatable bonds is 2. The molecule has 72 valence electrons. The van der Waals surface area contributed by atoms with Crippen molar-refractivity contribution in [3.05, 3.63) is 0 Å². The Kier molecular flexibility index (Phi) is 4.04. The molecule has 3 unspecified atom stereocenters. The Morgan fingerprint density at radius 1 is 1.33 bits per heavy atom. The fourth-order valence-corrected chi connectivity index (χ4v) is 2.46. The molecule has 1 rings (SSSR count). The van der Waals surface area contributed by atoms with Gasteiger partial charge in [0.05, 0.1) is 0 Å². The summed E-state index contributed by atoms with van der Waals surface area (Å²) in [7, 11) is 0. The van der Waals surface area contributed by atoms with Gasteiger partial charge >= 0.3 is 0 Å². The van der Waals surface area contributed by atoms with Crippen molar-refractivity contribution in [1.82, 2.24) is 5.32 Å². The third kappa shape index (κ3) is 3.06. The van der Waals surface area contributed by atoms with Crippen LogP contribution in [-0.4, -0.2) is 16.9 Å². The molecular weight excluding hydrogens is 214 g/mol. The molecule has 0 aromatic rings. The van der Waals surface area contributed by atoms with Crippen molar-refractivity contribution < 1.29 is 0 Å². The summed E-state index contributed by atoms with van der Waals surface area (Å²) in [6.45, 7) is 6.80. The van der Waals surface area contributed by atoms with Gasteiger partial charge in [0.2, 0.25) is 0 Å². The molecule has 1 saturated carbocycles. The Bertz CT molecular complexity index is 136. The highest BCUT2D eigenvalue weighted by Gasteiger charge is 2.25. The van der Waals surface area contributed by atoms with Gasteiger partial charge in [0.25, 0.3) is 0 Å². The van der Waals surface area contributed by atoms with Gasteiger partial charge in [-0.1, -0.05) is 36.7 Å². The quantitative estimate of drug-likeness (QED) is 0.724. The zero-order chi connectivity index (χ0) is 9.14. The molecule has 1 N–H and O–H groups in total. The number of hydrogen-bond donors (Lipinski definition) is 1. The SMILES string of the molecule is CC(C)NC1CCC(Br)C(C)C1. The molecule has 2 heteroatoms. The third-order valence-corrected chi connectivity index (χ3v) is 3.99. The van der Waals surface area contributed by atoms with Crippen molar-refractivity contribution in [2.75, 3.05) is 0 Å². The van der Waals surface area contributed by atoms with Crippen LogP contribution >= 0.6 is 15.9 Å². The lowest BCUT2D eigenvalue weighted by molar-refractivity contribution is 0.299. The zero-order valence-electron chi connectivity index (χ0n) is 8.31. The largest absolute Gasteiger partial charge is 0.312 e. The Labute approximate surface area is 84.4 Å². The van der Waals surface area contributed by atoms with E-state index in [1.807, 2.05) is 0 Å². The fraction of sp³-hybridized carbons (Fsp3) is 1.00. The highest BCUT2D eigenvalue weighted by molar-refractivity contribution is 9.09. The summed E-state index contributed by atoms with van der Waals surface area (Å²) in [5.74, 6) is 0.829. The van der Waals surface area contributed by atoms with Gasteiger partial charge in [-0.25, -0.2) is 0 Å². The minimum Gasteiger partial charge on any atom is -0.312 e. The first-order valence-electron chi connectivity index (χ1n) is 4.99. The molecule has 0 amide bonds. The molecule has 12 heavy (non-hydrogen) atoms. The minimum absolute atomic E-state index is 0.633. The van der Waals surface area contributed by atoms with Crippen LogP contribution in [0.5, 0.6) is 0 Å². The number of hydrogen-bond acceptors (Lipinski definition) is 1. The van der Waals surface area contributed by atoms with Crippen LogP contribution in [0.25, 0.3) is 0 Å². The topological polar surface area (TPSA) is 12.0 Å². The van der Waals surface area contributed by atoms with Crippen LogP contribution in [0.3, 0.4) is 0 Å². The molecule has 1 aliphatic carbocycles. The van der Waals surface area contributed by atoms with Gasteiger partial charge in [0.15, 0.2) is 0 Å². The first-order valence-corrected chi connectivity index (χ1v) is 5.91. The molecule has 1 fully saturated rings. The van der Waals surface area contributed by atoms with Gasteiger partial charge < -0.3 is 5.32 Å². The highest BCUT2D eigenvalue weighted by atomic mass is 79.9. The van der Waals surface area contributed by atoms with E-state index in [0.29, 0.717) is 6.04 Å². The Morgan fingerprint density at radius 2 is 2.00 bits per heavy atom. The van der Waals surface area contributed by atoms with Crippen LogP contribution < -0.4 is 5.32 Å². The van der Waals surface area contributed by atoms with Gasteiger partial charge in [-0.2, -0.15) is 0 Å². The van der Waals surface area contributed by atoms with Crippen molar-refractivity contribution in [3.63, 3.8) is 0 Å². The van der Waals surface area contributed by atoms with E-state index in [1.165, 1.54) is 19.3 Å². The Morgan fingerprint density at radius 3 is 2.50 bits per heavy atom. The van der Waals surface area contributed by atoms with E-state index >= 15 is 0 Å². The smallest absolute Gasteiger partial charge is 0.0172 e. The van der Waals surface area contributed by atoms with Gasteiger partial charge in [-0.3, -0.25) is 0 Å². The molecule has 0 radical (unpaired) electrons. The van der Waals surface area contributed by atoms with Gasteiger partial charge in [0, 0.05) is 16.9 Å². The third-order valence-electron chi connectivity index (χ3n) is 2.63. The van der Waals surface area contributed by atoms with E-state index in [4.69, 9.17) is 0 Å². The molecule has 0 aliphatic heterocycles. The normalized spacial score (nSPS) is 37.2. The van der Waals surface area contributed by atoms with Crippen LogP contribution in [0.1, 0.15) is 40.0 Å². The van der Waals surface area contributed by atoms with Gasteiger partial charge in [-0.15, -0.1) is 0 Å². The first kappa shape index (κ1) is 10.5. The van der Waals surface area contributed by atoms with Crippen molar-refractivity contribution >= 4 is 15.9 Å². The lowest BCUT2D eigenvalue weighted by Crippen LogP contribution is -2.40. The molecule has 0 spiro atoms. The number of halogens is 1. The Balaban J connectivity index is 2.30. The van der Waals surface area contributed by atoms with Crippen LogP contribution in [0, 0.1) is 5.92 Å². The lowest BCUT2D eigenvalue weighted by atomic mass is 9.86. The van der Waals surface area contributed by atoms with E-state index in [0.717, 1.165) is 16.8 Å². The fourth-order valence-electron chi connectivity index (χ4n) is 1.98. The first-order chi connectivity index (χ1) is 5.59.